The first-order valence-corrected chi connectivity index (χ1v) is 8.48. The van der Waals surface area contributed by atoms with Crippen LogP contribution in [0.2, 0.25) is 5.02 Å². The van der Waals surface area contributed by atoms with Gasteiger partial charge in [0.05, 0.1) is 15.9 Å². The van der Waals surface area contributed by atoms with Crippen LogP contribution >= 0.6 is 23.4 Å². The number of nitro benzene ring substituents is 1. The Kier molecular flexibility index (Phi) is 5.28. The largest absolute Gasteiger partial charge is 0.544 e. The summed E-state index contributed by atoms with van der Waals surface area (Å²) in [5, 5.41) is 29.9. The molecule has 0 spiro atoms. The average Bonchev–Trinajstić information content (AvgIpc) is 3.23. The lowest BCUT2D eigenvalue weighted by Gasteiger charge is -2.04. The molecule has 0 unspecified atom stereocenters. The van der Waals surface area contributed by atoms with Crippen LogP contribution in [-0.2, 0) is 4.79 Å². The number of nitrogens with zero attached hydrogens (tertiary/aromatic N) is 3. The van der Waals surface area contributed by atoms with Crippen LogP contribution in [0.5, 0.6) is 0 Å². The van der Waals surface area contributed by atoms with Gasteiger partial charge in [0.15, 0.2) is 0 Å². The van der Waals surface area contributed by atoms with Gasteiger partial charge >= 0.3 is 0 Å². The second-order valence-electron chi connectivity index (χ2n) is 5.11. The number of benzene rings is 1. The molecule has 27 heavy (non-hydrogen) atoms. The van der Waals surface area contributed by atoms with Crippen LogP contribution < -0.4 is 5.11 Å². The summed E-state index contributed by atoms with van der Waals surface area (Å²) in [7, 11) is 0. The second-order valence-corrected chi connectivity index (χ2v) is 6.51. The minimum atomic E-state index is -1.46. The Labute approximate surface area is 160 Å². The summed E-state index contributed by atoms with van der Waals surface area (Å²) in [5.41, 5.74) is 0.154. The van der Waals surface area contributed by atoms with Crippen LogP contribution in [-0.4, -0.2) is 21.1 Å². The standard InChI is InChI=1S/C16H10ClN3O6S/c1-8-18-19-16(25-8)27-14(15(21)22)7-10-3-5-13(26-10)11-6-9(20(23)24)2-4-12(11)17/h2-7H,1H3,(H,21,22)/p-1/b14-7+. The van der Waals surface area contributed by atoms with Gasteiger partial charge in [-0.25, -0.2) is 0 Å². The number of aryl methyl sites for hydroxylation is 1. The summed E-state index contributed by atoms with van der Waals surface area (Å²) >= 11 is 6.79. The number of thioether (sulfide) groups is 1. The minimum absolute atomic E-state index is 0.0384. The highest BCUT2D eigenvalue weighted by Gasteiger charge is 2.15. The summed E-state index contributed by atoms with van der Waals surface area (Å²) in [6.45, 7) is 1.57. The SMILES string of the molecule is Cc1nnc(S/C(=C/c2ccc(-c3cc([N+](=O)[O-])ccc3Cl)o2)C(=O)[O-])o1. The van der Waals surface area contributed by atoms with Crippen LogP contribution in [0.4, 0.5) is 5.69 Å². The molecule has 2 heterocycles. The maximum atomic E-state index is 11.3. The molecule has 11 heteroatoms. The number of rotatable bonds is 6. The lowest BCUT2D eigenvalue weighted by atomic mass is 10.1. The first-order valence-electron chi connectivity index (χ1n) is 7.28. The van der Waals surface area contributed by atoms with E-state index in [2.05, 4.69) is 10.2 Å². The quantitative estimate of drug-likeness (QED) is 0.261. The number of carbonyl (C=O) groups excluding carboxylic acids is 1. The number of carbonyl (C=O) groups is 1. The summed E-state index contributed by atoms with van der Waals surface area (Å²) in [4.78, 5) is 21.5. The third-order valence-electron chi connectivity index (χ3n) is 3.23. The van der Waals surface area contributed by atoms with Gasteiger partial charge in [0.2, 0.25) is 5.89 Å². The Morgan fingerprint density at radius 2 is 2.04 bits per heavy atom. The molecule has 0 N–H and O–H groups in total. The monoisotopic (exact) mass is 406 g/mol. The van der Waals surface area contributed by atoms with E-state index in [4.69, 9.17) is 20.4 Å². The molecular weight excluding hydrogens is 398 g/mol. The number of carboxylic acid groups (broad SMARTS) is 1. The normalized spacial score (nSPS) is 11.6. The molecule has 0 aliphatic heterocycles. The molecule has 0 radical (unpaired) electrons. The van der Waals surface area contributed by atoms with Crippen molar-refractivity contribution >= 4 is 41.1 Å². The van der Waals surface area contributed by atoms with E-state index in [1.165, 1.54) is 36.4 Å². The van der Waals surface area contributed by atoms with Gasteiger partial charge in [-0.05, 0) is 36.0 Å². The zero-order valence-corrected chi connectivity index (χ0v) is 15.1. The summed E-state index contributed by atoms with van der Waals surface area (Å²) in [6, 6.07) is 6.93. The van der Waals surface area contributed by atoms with Crippen molar-refractivity contribution in [2.45, 2.75) is 12.1 Å². The first-order chi connectivity index (χ1) is 12.8. The van der Waals surface area contributed by atoms with Gasteiger partial charge < -0.3 is 18.7 Å². The molecule has 2 aromatic heterocycles. The third kappa shape index (κ3) is 4.36. The molecule has 0 bridgehead atoms. The summed E-state index contributed by atoms with van der Waals surface area (Å²) in [5.74, 6) is -0.750. The summed E-state index contributed by atoms with van der Waals surface area (Å²) in [6.07, 6.45) is 1.22. The number of hydrogen-bond acceptors (Lipinski definition) is 9. The predicted molar refractivity (Wildman–Crippen MR) is 93.7 cm³/mol. The van der Waals surface area contributed by atoms with Gasteiger partial charge in [-0.1, -0.05) is 11.6 Å². The van der Waals surface area contributed by atoms with Gasteiger partial charge in [-0.2, -0.15) is 0 Å². The Bertz CT molecular complexity index is 1060. The summed E-state index contributed by atoms with van der Waals surface area (Å²) < 4.78 is 10.7. The van der Waals surface area contributed by atoms with Crippen molar-refractivity contribution < 1.29 is 23.7 Å². The molecular formula is C16H9ClN3O6S-. The number of halogens is 1. The first kappa shape index (κ1) is 18.7. The fourth-order valence-electron chi connectivity index (χ4n) is 2.06. The third-order valence-corrected chi connectivity index (χ3v) is 4.41. The van der Waals surface area contributed by atoms with Crippen molar-refractivity contribution in [1.82, 2.24) is 10.2 Å². The minimum Gasteiger partial charge on any atom is -0.544 e. The maximum absolute atomic E-state index is 11.3. The van der Waals surface area contributed by atoms with Crippen LogP contribution in [0.25, 0.3) is 17.4 Å². The maximum Gasteiger partial charge on any atom is 0.281 e. The molecule has 0 amide bonds. The molecule has 138 valence electrons. The average molecular weight is 407 g/mol. The number of hydrogen-bond donors (Lipinski definition) is 0. The molecule has 0 atom stereocenters. The molecule has 0 saturated heterocycles. The van der Waals surface area contributed by atoms with E-state index >= 15 is 0 Å². The molecule has 1 aromatic carbocycles. The van der Waals surface area contributed by atoms with Crippen LogP contribution in [0.3, 0.4) is 0 Å². The molecule has 0 saturated carbocycles. The number of nitro groups is 1. The Balaban J connectivity index is 1.92. The van der Waals surface area contributed by atoms with Gasteiger partial charge in [0.1, 0.15) is 11.5 Å². The number of non-ortho nitro benzene ring substituents is 1. The highest BCUT2D eigenvalue weighted by atomic mass is 35.5. The van der Waals surface area contributed by atoms with Crippen LogP contribution in [0.15, 0.2) is 49.3 Å². The fourth-order valence-corrected chi connectivity index (χ4v) is 2.96. The Morgan fingerprint density at radius 3 is 2.67 bits per heavy atom. The van der Waals surface area contributed by atoms with E-state index in [0.29, 0.717) is 17.3 Å². The Morgan fingerprint density at radius 1 is 1.26 bits per heavy atom. The van der Waals surface area contributed by atoms with Crippen molar-refractivity contribution in [2.75, 3.05) is 0 Å². The van der Waals surface area contributed by atoms with Crippen molar-refractivity contribution in [2.24, 2.45) is 0 Å². The molecule has 9 nitrogen and oxygen atoms in total. The van der Waals surface area contributed by atoms with Gasteiger partial charge in [0, 0.05) is 29.5 Å². The van der Waals surface area contributed by atoms with Crippen molar-refractivity contribution in [3.63, 3.8) is 0 Å². The lowest BCUT2D eigenvalue weighted by molar-refractivity contribution is -0.384. The number of aliphatic carboxylic acids is 1. The van der Waals surface area contributed by atoms with E-state index in [-0.39, 0.29) is 38.2 Å². The number of furan rings is 1. The highest BCUT2D eigenvalue weighted by Crippen LogP contribution is 2.34. The fraction of sp³-hybridized carbons (Fsp3) is 0.0625. The number of carboxylic acids is 1. The van der Waals surface area contributed by atoms with E-state index in [0.717, 1.165) is 0 Å². The molecule has 0 aliphatic carbocycles. The zero-order valence-electron chi connectivity index (χ0n) is 13.5. The van der Waals surface area contributed by atoms with E-state index in [1.54, 1.807) is 6.92 Å². The van der Waals surface area contributed by atoms with Gasteiger partial charge in [-0.15, -0.1) is 10.2 Å². The molecule has 3 aromatic rings. The molecule has 3 rings (SSSR count). The predicted octanol–water partition coefficient (Wildman–Crippen LogP) is 3.08. The molecule has 0 fully saturated rings. The molecule has 0 aliphatic rings. The van der Waals surface area contributed by atoms with Gasteiger partial charge in [0.25, 0.3) is 10.9 Å². The second kappa shape index (κ2) is 7.64. The highest BCUT2D eigenvalue weighted by molar-refractivity contribution is 8.03. The van der Waals surface area contributed by atoms with E-state index < -0.39 is 10.9 Å². The van der Waals surface area contributed by atoms with E-state index in [1.807, 2.05) is 0 Å². The van der Waals surface area contributed by atoms with E-state index in [9.17, 15) is 20.0 Å². The lowest BCUT2D eigenvalue weighted by Crippen LogP contribution is -2.22. The van der Waals surface area contributed by atoms with Crippen molar-refractivity contribution in [1.29, 1.82) is 0 Å². The van der Waals surface area contributed by atoms with Gasteiger partial charge in [-0.3, -0.25) is 10.1 Å². The van der Waals surface area contributed by atoms with Crippen molar-refractivity contribution in [3.05, 3.63) is 62.0 Å². The number of aromatic nitrogens is 2. The van der Waals surface area contributed by atoms with Crippen LogP contribution in [0, 0.1) is 17.0 Å². The zero-order chi connectivity index (χ0) is 19.6. The topological polar surface area (TPSA) is 135 Å². The van der Waals surface area contributed by atoms with Crippen molar-refractivity contribution in [3.8, 4) is 11.3 Å². The van der Waals surface area contributed by atoms with Crippen LogP contribution in [0.1, 0.15) is 11.7 Å². The Hall–Kier alpha value is -3.11. The smallest absolute Gasteiger partial charge is 0.281 e.